The molecule has 2 N–H and O–H groups in total. The van der Waals surface area contributed by atoms with E-state index in [1.165, 1.54) is 37.7 Å². The number of quaternary nitrogens is 1. The summed E-state index contributed by atoms with van der Waals surface area (Å²) in [6.07, 6.45) is 8.80. The Labute approximate surface area is 110 Å². The Balaban J connectivity index is 1.76. The molecule has 1 saturated carbocycles. The molecule has 1 aromatic carbocycles. The van der Waals surface area contributed by atoms with Gasteiger partial charge in [0.15, 0.2) is 0 Å². The molecule has 0 amide bonds. The van der Waals surface area contributed by atoms with Crippen LogP contribution in [0.4, 0.5) is 0 Å². The van der Waals surface area contributed by atoms with E-state index in [0.29, 0.717) is 6.61 Å². The Morgan fingerprint density at radius 1 is 1.17 bits per heavy atom. The molecule has 1 fully saturated rings. The van der Waals surface area contributed by atoms with Crippen molar-refractivity contribution >= 4 is 0 Å². The van der Waals surface area contributed by atoms with Gasteiger partial charge in [-0.05, 0) is 49.9 Å². The van der Waals surface area contributed by atoms with E-state index in [0.717, 1.165) is 18.3 Å². The number of ether oxygens (including phenoxy) is 1. The van der Waals surface area contributed by atoms with Gasteiger partial charge < -0.3 is 10.1 Å². The molecular weight excluding hydrogens is 222 g/mol. The minimum Gasteiger partial charge on any atom is -0.490 e. The van der Waals surface area contributed by atoms with Gasteiger partial charge in [0.25, 0.3) is 0 Å². The Kier molecular flexibility index (Phi) is 5.28. The van der Waals surface area contributed by atoms with Gasteiger partial charge in [-0.1, -0.05) is 19.1 Å². The zero-order chi connectivity index (χ0) is 12.6. The topological polar surface area (TPSA) is 25.8 Å². The van der Waals surface area contributed by atoms with E-state index < -0.39 is 0 Å². The maximum absolute atomic E-state index is 5.48. The molecule has 0 atom stereocenters. The van der Waals surface area contributed by atoms with E-state index in [2.05, 4.69) is 24.0 Å². The van der Waals surface area contributed by atoms with Crippen molar-refractivity contribution < 1.29 is 10.1 Å². The van der Waals surface area contributed by atoms with Crippen LogP contribution < -0.4 is 10.1 Å². The second kappa shape index (κ2) is 7.22. The van der Waals surface area contributed by atoms with E-state index in [1.807, 2.05) is 12.1 Å². The lowest BCUT2D eigenvalue weighted by atomic mass is 9.95. The smallest absolute Gasteiger partial charge is 0.119 e. The van der Waals surface area contributed by atoms with Crippen molar-refractivity contribution in [2.24, 2.45) is 0 Å². The lowest BCUT2D eigenvalue weighted by Crippen LogP contribution is -2.88. The fraction of sp³-hybridized carbons (Fsp3) is 0.500. The van der Waals surface area contributed by atoms with Crippen LogP contribution in [0.1, 0.15) is 37.7 Å². The monoisotopic (exact) mass is 246 g/mol. The molecule has 0 aliphatic heterocycles. The number of hydrogen-bond acceptors (Lipinski definition) is 1. The highest BCUT2D eigenvalue weighted by atomic mass is 16.5. The molecule has 18 heavy (non-hydrogen) atoms. The first-order valence-electron chi connectivity index (χ1n) is 7.04. The molecule has 1 aliphatic carbocycles. The summed E-state index contributed by atoms with van der Waals surface area (Å²) in [5.41, 5.74) is 1.38. The summed E-state index contributed by atoms with van der Waals surface area (Å²) in [5, 5.41) is 2.50. The Hall–Kier alpha value is -1.28. The maximum atomic E-state index is 5.48. The van der Waals surface area contributed by atoms with E-state index in [1.54, 1.807) is 6.08 Å². The van der Waals surface area contributed by atoms with Gasteiger partial charge >= 0.3 is 0 Å². The molecule has 2 rings (SSSR count). The zero-order valence-electron chi connectivity index (χ0n) is 11.1. The van der Waals surface area contributed by atoms with Crippen LogP contribution in [0.15, 0.2) is 36.9 Å². The van der Waals surface area contributed by atoms with E-state index >= 15 is 0 Å². The third-order valence-corrected chi connectivity index (χ3v) is 3.63. The third-order valence-electron chi connectivity index (χ3n) is 3.63. The van der Waals surface area contributed by atoms with Crippen LogP contribution in [0.25, 0.3) is 0 Å². The summed E-state index contributed by atoms with van der Waals surface area (Å²) in [6, 6.07) is 9.27. The summed E-state index contributed by atoms with van der Waals surface area (Å²) >= 11 is 0. The number of nitrogens with two attached hydrogens (primary N) is 1. The number of hydrogen-bond donors (Lipinski definition) is 1. The fourth-order valence-corrected chi connectivity index (χ4v) is 2.55. The van der Waals surface area contributed by atoms with Crippen LogP contribution in [0.2, 0.25) is 0 Å². The fourth-order valence-electron chi connectivity index (χ4n) is 2.55. The first kappa shape index (κ1) is 13.2. The van der Waals surface area contributed by atoms with Crippen molar-refractivity contribution in [2.45, 2.75) is 44.7 Å². The normalized spacial score (nSPS) is 16.4. The lowest BCUT2D eigenvalue weighted by Gasteiger charge is -2.19. The van der Waals surface area contributed by atoms with Crippen LogP contribution in [0, 0.1) is 0 Å². The van der Waals surface area contributed by atoms with Gasteiger partial charge in [-0.15, -0.1) is 0 Å². The average molecular weight is 246 g/mol. The van der Waals surface area contributed by atoms with Crippen LogP contribution >= 0.6 is 0 Å². The van der Waals surface area contributed by atoms with Crippen LogP contribution in [0.5, 0.6) is 5.75 Å². The summed E-state index contributed by atoms with van der Waals surface area (Å²) < 4.78 is 5.48. The van der Waals surface area contributed by atoms with Gasteiger partial charge in [-0.25, -0.2) is 0 Å². The van der Waals surface area contributed by atoms with Crippen LogP contribution in [-0.2, 0) is 6.54 Å². The van der Waals surface area contributed by atoms with Crippen molar-refractivity contribution in [3.8, 4) is 5.75 Å². The van der Waals surface area contributed by atoms with Gasteiger partial charge in [-0.2, -0.15) is 0 Å². The Bertz CT molecular complexity index is 352. The van der Waals surface area contributed by atoms with Crippen molar-refractivity contribution in [3.63, 3.8) is 0 Å². The molecular formula is C16H24NO+. The first-order valence-corrected chi connectivity index (χ1v) is 7.04. The van der Waals surface area contributed by atoms with Crippen molar-refractivity contribution in [1.82, 2.24) is 0 Å². The highest BCUT2D eigenvalue weighted by Crippen LogP contribution is 2.15. The second-order valence-electron chi connectivity index (χ2n) is 5.08. The third kappa shape index (κ3) is 4.19. The molecule has 0 spiro atoms. The van der Waals surface area contributed by atoms with Gasteiger partial charge in [0.1, 0.15) is 18.9 Å². The Morgan fingerprint density at radius 3 is 2.56 bits per heavy atom. The minimum absolute atomic E-state index is 0.577. The van der Waals surface area contributed by atoms with Crippen LogP contribution in [-0.4, -0.2) is 12.6 Å². The zero-order valence-corrected chi connectivity index (χ0v) is 11.1. The van der Waals surface area contributed by atoms with Crippen molar-refractivity contribution in [3.05, 3.63) is 42.5 Å². The van der Waals surface area contributed by atoms with E-state index in [4.69, 9.17) is 4.74 Å². The average Bonchev–Trinajstić information content (AvgIpc) is 2.45. The molecule has 0 saturated heterocycles. The summed E-state index contributed by atoms with van der Waals surface area (Å²) in [5.74, 6) is 0.927. The molecule has 0 heterocycles. The van der Waals surface area contributed by atoms with E-state index in [9.17, 15) is 0 Å². The second-order valence-corrected chi connectivity index (χ2v) is 5.08. The quantitative estimate of drug-likeness (QED) is 0.767. The molecule has 2 nitrogen and oxygen atoms in total. The van der Waals surface area contributed by atoms with Gasteiger partial charge in [0.05, 0.1) is 6.04 Å². The molecule has 2 heteroatoms. The molecule has 98 valence electrons. The summed E-state index contributed by atoms with van der Waals surface area (Å²) in [7, 11) is 0. The number of rotatable bonds is 6. The maximum Gasteiger partial charge on any atom is 0.119 e. The highest BCUT2D eigenvalue weighted by Gasteiger charge is 2.15. The molecule has 0 radical (unpaired) electrons. The standard InChI is InChI=1S/C16H23NO/c1-2-12-18-16-10-8-14(9-11-16)13-17-15-6-4-3-5-7-15/h2,8-11,15,17H,1,3-7,12-13H2/p+1. The predicted octanol–water partition coefficient (Wildman–Crippen LogP) is 2.65. The first-order chi connectivity index (χ1) is 8.88. The van der Waals surface area contributed by atoms with Gasteiger partial charge in [0, 0.05) is 5.56 Å². The van der Waals surface area contributed by atoms with Crippen molar-refractivity contribution in [1.29, 1.82) is 0 Å². The number of benzene rings is 1. The molecule has 1 aliphatic rings. The Morgan fingerprint density at radius 2 is 1.89 bits per heavy atom. The molecule has 0 unspecified atom stereocenters. The molecule has 1 aromatic rings. The summed E-state index contributed by atoms with van der Waals surface area (Å²) in [6.45, 7) is 5.31. The molecule has 0 bridgehead atoms. The van der Waals surface area contributed by atoms with Crippen LogP contribution in [0.3, 0.4) is 0 Å². The minimum atomic E-state index is 0.577. The molecule has 0 aromatic heterocycles. The van der Waals surface area contributed by atoms with Gasteiger partial charge in [-0.3, -0.25) is 0 Å². The SMILES string of the molecule is C=CCOc1ccc(C[NH2+]C2CCCCC2)cc1. The summed E-state index contributed by atoms with van der Waals surface area (Å²) in [4.78, 5) is 0. The highest BCUT2D eigenvalue weighted by molar-refractivity contribution is 5.26. The largest absolute Gasteiger partial charge is 0.490 e. The van der Waals surface area contributed by atoms with Gasteiger partial charge in [0.2, 0.25) is 0 Å². The van der Waals surface area contributed by atoms with E-state index in [-0.39, 0.29) is 0 Å². The predicted molar refractivity (Wildman–Crippen MR) is 74.6 cm³/mol. The lowest BCUT2D eigenvalue weighted by molar-refractivity contribution is -0.706. The van der Waals surface area contributed by atoms with Crippen molar-refractivity contribution in [2.75, 3.05) is 6.61 Å².